The van der Waals surface area contributed by atoms with Crippen LogP contribution in [0.2, 0.25) is 0 Å². The first-order valence-corrected chi connectivity index (χ1v) is 8.93. The zero-order valence-corrected chi connectivity index (χ0v) is 14.6. The van der Waals surface area contributed by atoms with Gasteiger partial charge in [0.05, 0.1) is 19.3 Å². The first kappa shape index (κ1) is 16.8. The van der Waals surface area contributed by atoms with Gasteiger partial charge in [0.15, 0.2) is 5.82 Å². The topological polar surface area (TPSA) is 69.0 Å². The summed E-state index contributed by atoms with van der Waals surface area (Å²) in [6.45, 7) is 3.90. The van der Waals surface area contributed by atoms with Gasteiger partial charge in [0.1, 0.15) is 0 Å². The SMILES string of the molecule is c1ccc(CCn2nnnc2[C@@H](c2cccnc2)N2CCOCC2)cc1. The molecule has 0 amide bonds. The van der Waals surface area contributed by atoms with Crippen LogP contribution in [0.25, 0.3) is 0 Å². The van der Waals surface area contributed by atoms with Crippen molar-refractivity contribution in [1.29, 1.82) is 0 Å². The Kier molecular flexibility index (Phi) is 5.27. The summed E-state index contributed by atoms with van der Waals surface area (Å²) in [4.78, 5) is 6.66. The van der Waals surface area contributed by atoms with Crippen molar-refractivity contribution in [2.24, 2.45) is 0 Å². The second-order valence-corrected chi connectivity index (χ2v) is 6.33. The maximum Gasteiger partial charge on any atom is 0.173 e. The number of aromatic nitrogens is 5. The lowest BCUT2D eigenvalue weighted by molar-refractivity contribution is 0.0215. The number of hydrogen-bond donors (Lipinski definition) is 0. The monoisotopic (exact) mass is 350 g/mol. The number of hydrogen-bond acceptors (Lipinski definition) is 6. The third kappa shape index (κ3) is 3.79. The van der Waals surface area contributed by atoms with Crippen LogP contribution < -0.4 is 0 Å². The second-order valence-electron chi connectivity index (χ2n) is 6.33. The lowest BCUT2D eigenvalue weighted by atomic mass is 10.1. The summed E-state index contributed by atoms with van der Waals surface area (Å²) < 4.78 is 7.44. The van der Waals surface area contributed by atoms with E-state index < -0.39 is 0 Å². The van der Waals surface area contributed by atoms with E-state index in [0.717, 1.165) is 50.7 Å². The molecule has 134 valence electrons. The number of aryl methyl sites for hydroxylation is 2. The molecule has 26 heavy (non-hydrogen) atoms. The smallest absolute Gasteiger partial charge is 0.173 e. The minimum Gasteiger partial charge on any atom is -0.379 e. The molecule has 0 radical (unpaired) electrons. The molecule has 0 unspecified atom stereocenters. The highest BCUT2D eigenvalue weighted by Gasteiger charge is 2.29. The third-order valence-corrected chi connectivity index (χ3v) is 4.67. The van der Waals surface area contributed by atoms with Gasteiger partial charge in [0.2, 0.25) is 0 Å². The van der Waals surface area contributed by atoms with Crippen molar-refractivity contribution in [2.45, 2.75) is 19.0 Å². The fourth-order valence-electron chi connectivity index (χ4n) is 3.34. The number of morpholine rings is 1. The summed E-state index contributed by atoms with van der Waals surface area (Å²) in [6, 6.07) is 14.4. The average Bonchev–Trinajstić information content (AvgIpc) is 3.17. The average molecular weight is 350 g/mol. The van der Waals surface area contributed by atoms with E-state index in [9.17, 15) is 0 Å². The number of pyridine rings is 1. The van der Waals surface area contributed by atoms with Gasteiger partial charge in [-0.3, -0.25) is 9.88 Å². The third-order valence-electron chi connectivity index (χ3n) is 4.67. The Morgan fingerprint density at radius 3 is 2.65 bits per heavy atom. The molecular formula is C19H22N6O. The minimum atomic E-state index is -0.0154. The molecule has 0 spiro atoms. The summed E-state index contributed by atoms with van der Waals surface area (Å²) in [6.07, 6.45) is 4.58. The van der Waals surface area contributed by atoms with Gasteiger partial charge in [0.25, 0.3) is 0 Å². The molecule has 0 aliphatic carbocycles. The second kappa shape index (κ2) is 8.16. The molecule has 1 aliphatic rings. The summed E-state index contributed by atoms with van der Waals surface area (Å²) in [7, 11) is 0. The summed E-state index contributed by atoms with van der Waals surface area (Å²) >= 11 is 0. The summed E-state index contributed by atoms with van der Waals surface area (Å²) in [5, 5.41) is 12.6. The number of rotatable bonds is 6. The van der Waals surface area contributed by atoms with Gasteiger partial charge < -0.3 is 4.74 Å². The van der Waals surface area contributed by atoms with Crippen molar-refractivity contribution < 1.29 is 4.74 Å². The van der Waals surface area contributed by atoms with Crippen molar-refractivity contribution >= 4 is 0 Å². The Labute approximate surface area is 152 Å². The molecule has 3 heterocycles. The van der Waals surface area contributed by atoms with E-state index in [2.05, 4.69) is 55.7 Å². The number of tetrazole rings is 1. The molecular weight excluding hydrogens is 328 g/mol. The lowest BCUT2D eigenvalue weighted by Crippen LogP contribution is -2.40. The predicted octanol–water partition coefficient (Wildman–Crippen LogP) is 1.73. The number of nitrogens with zero attached hydrogens (tertiary/aromatic N) is 6. The molecule has 1 aromatic carbocycles. The van der Waals surface area contributed by atoms with Crippen LogP contribution >= 0.6 is 0 Å². The molecule has 1 fully saturated rings. The quantitative estimate of drug-likeness (QED) is 0.674. The molecule has 0 bridgehead atoms. The van der Waals surface area contributed by atoms with Crippen LogP contribution in [0.5, 0.6) is 0 Å². The van der Waals surface area contributed by atoms with Crippen molar-refractivity contribution in [1.82, 2.24) is 30.1 Å². The van der Waals surface area contributed by atoms with E-state index in [1.165, 1.54) is 5.56 Å². The molecule has 3 aromatic rings. The highest BCUT2D eigenvalue weighted by atomic mass is 16.5. The van der Waals surface area contributed by atoms with Gasteiger partial charge in [-0.1, -0.05) is 36.4 Å². The van der Waals surface area contributed by atoms with Crippen LogP contribution in [-0.4, -0.2) is 56.4 Å². The molecule has 1 atom stereocenters. The van der Waals surface area contributed by atoms with E-state index >= 15 is 0 Å². The van der Waals surface area contributed by atoms with Crippen LogP contribution in [-0.2, 0) is 17.7 Å². The molecule has 0 saturated carbocycles. The largest absolute Gasteiger partial charge is 0.379 e. The standard InChI is InChI=1S/C19H22N6O/c1-2-5-16(6-3-1)8-10-25-19(21-22-23-25)18(17-7-4-9-20-15-17)24-11-13-26-14-12-24/h1-7,9,15,18H,8,10-14H2/t18-/m1/s1. The Hall–Kier alpha value is -2.64. The Morgan fingerprint density at radius 1 is 1.04 bits per heavy atom. The molecule has 4 rings (SSSR count). The van der Waals surface area contributed by atoms with Gasteiger partial charge in [-0.05, 0) is 34.0 Å². The maximum atomic E-state index is 5.52. The summed E-state index contributed by atoms with van der Waals surface area (Å²) in [5.74, 6) is 0.857. The summed E-state index contributed by atoms with van der Waals surface area (Å²) in [5.41, 5.74) is 2.38. The molecule has 0 N–H and O–H groups in total. The van der Waals surface area contributed by atoms with Crippen LogP contribution in [0.1, 0.15) is 23.0 Å². The normalized spacial score (nSPS) is 16.5. The van der Waals surface area contributed by atoms with Gasteiger partial charge in [-0.25, -0.2) is 4.68 Å². The van der Waals surface area contributed by atoms with E-state index in [-0.39, 0.29) is 6.04 Å². The van der Waals surface area contributed by atoms with Crippen LogP contribution in [0.3, 0.4) is 0 Å². The molecule has 2 aromatic heterocycles. The zero-order valence-electron chi connectivity index (χ0n) is 14.6. The van der Waals surface area contributed by atoms with Gasteiger partial charge >= 0.3 is 0 Å². The van der Waals surface area contributed by atoms with E-state index in [0.29, 0.717) is 0 Å². The first-order valence-electron chi connectivity index (χ1n) is 8.93. The van der Waals surface area contributed by atoms with Crippen molar-refractivity contribution in [3.8, 4) is 0 Å². The maximum absolute atomic E-state index is 5.52. The van der Waals surface area contributed by atoms with Crippen LogP contribution in [0.15, 0.2) is 54.9 Å². The highest BCUT2D eigenvalue weighted by molar-refractivity contribution is 5.22. The zero-order chi connectivity index (χ0) is 17.6. The fourth-order valence-corrected chi connectivity index (χ4v) is 3.34. The Balaban J connectivity index is 1.60. The van der Waals surface area contributed by atoms with Crippen LogP contribution in [0.4, 0.5) is 0 Å². The van der Waals surface area contributed by atoms with Crippen LogP contribution in [0, 0.1) is 0 Å². The first-order chi connectivity index (χ1) is 12.9. The number of ether oxygens (including phenoxy) is 1. The predicted molar refractivity (Wildman–Crippen MR) is 96.4 cm³/mol. The van der Waals surface area contributed by atoms with E-state index in [4.69, 9.17) is 4.74 Å². The van der Waals surface area contributed by atoms with Gasteiger partial charge in [-0.15, -0.1) is 5.10 Å². The minimum absolute atomic E-state index is 0.0154. The van der Waals surface area contributed by atoms with E-state index in [1.807, 2.05) is 23.0 Å². The fraction of sp³-hybridized carbons (Fsp3) is 0.368. The van der Waals surface area contributed by atoms with Gasteiger partial charge in [-0.2, -0.15) is 0 Å². The lowest BCUT2D eigenvalue weighted by Gasteiger charge is -2.33. The van der Waals surface area contributed by atoms with Crippen molar-refractivity contribution in [3.63, 3.8) is 0 Å². The molecule has 1 aliphatic heterocycles. The highest BCUT2D eigenvalue weighted by Crippen LogP contribution is 2.27. The van der Waals surface area contributed by atoms with E-state index in [1.54, 1.807) is 6.20 Å². The molecule has 1 saturated heterocycles. The molecule has 7 nitrogen and oxygen atoms in total. The van der Waals surface area contributed by atoms with Crippen molar-refractivity contribution in [3.05, 3.63) is 71.8 Å². The molecule has 7 heteroatoms. The Bertz CT molecular complexity index is 801. The Morgan fingerprint density at radius 2 is 1.88 bits per heavy atom. The van der Waals surface area contributed by atoms with Gasteiger partial charge in [0, 0.05) is 32.0 Å². The number of benzene rings is 1. The van der Waals surface area contributed by atoms with Crippen molar-refractivity contribution in [2.75, 3.05) is 26.3 Å².